The number of fused-ring (bicyclic) bond motifs is 5. The topological polar surface area (TPSA) is 237 Å². The van der Waals surface area contributed by atoms with Crippen LogP contribution in [0.2, 0.25) is 0 Å². The van der Waals surface area contributed by atoms with E-state index in [1.54, 1.807) is 0 Å². The minimum atomic E-state index is -1.82. The fourth-order valence-electron chi connectivity index (χ4n) is 26.5. The molecule has 15 heteroatoms. The molecule has 84 heavy (non-hydrogen) atoms. The molecule has 19 atom stereocenters. The van der Waals surface area contributed by atoms with Crippen molar-refractivity contribution in [3.63, 3.8) is 0 Å². The summed E-state index contributed by atoms with van der Waals surface area (Å²) in [6, 6.07) is 2.65. The molecular weight excluding hydrogens is 1060 g/mol. The van der Waals surface area contributed by atoms with Crippen LogP contribution in [0.5, 0.6) is 17.2 Å². The Kier molecular flexibility index (Phi) is 11.7. The summed E-state index contributed by atoms with van der Waals surface area (Å²) in [6.45, 7) is 4.04. The number of phenolic OH excluding ortho intramolecular Hbond substituents is 2. The number of ketones is 1. The number of rotatable bonds is 7. The van der Waals surface area contributed by atoms with E-state index in [4.69, 9.17) is 18.9 Å². The highest BCUT2D eigenvalue weighted by Crippen LogP contribution is 2.85. The number of allylic oxidation sites excluding steroid dienone is 1. The Morgan fingerprint density at radius 3 is 2.35 bits per heavy atom. The first-order chi connectivity index (χ1) is 40.4. The summed E-state index contributed by atoms with van der Waals surface area (Å²) in [5, 5.41) is 84.5. The Balaban J connectivity index is 0.812. The van der Waals surface area contributed by atoms with Crippen molar-refractivity contribution in [1.29, 1.82) is 0 Å². The Labute approximate surface area is 493 Å². The van der Waals surface area contributed by atoms with Gasteiger partial charge in [-0.15, -0.1) is 0 Å². The second-order valence-electron chi connectivity index (χ2n) is 31.7. The number of hydrogen-bond donors (Lipinski definition) is 9. The molecule has 17 rings (SSSR count). The zero-order chi connectivity index (χ0) is 57.5. The van der Waals surface area contributed by atoms with Crippen molar-refractivity contribution in [3.8, 4) is 17.2 Å². The maximum Gasteiger partial charge on any atom is 0.335 e. The number of benzene rings is 2. The lowest BCUT2D eigenvalue weighted by Crippen LogP contribution is -2.81. The van der Waals surface area contributed by atoms with Crippen molar-refractivity contribution in [2.45, 2.75) is 241 Å². The molecule has 6 bridgehead atoms. The largest absolute Gasteiger partial charge is 0.507 e. The zero-order valence-corrected chi connectivity index (χ0v) is 49.5. The number of carbonyl (C=O) groups excluding carboxylic acids is 1. The van der Waals surface area contributed by atoms with Gasteiger partial charge in [0.2, 0.25) is 6.29 Å². The molecule has 13 fully saturated rings. The molecule has 2 aromatic rings. The molecule has 19 unspecified atom stereocenters. The third kappa shape index (κ3) is 6.66. The Morgan fingerprint density at radius 1 is 0.810 bits per heavy atom. The van der Waals surface area contributed by atoms with Gasteiger partial charge in [0.05, 0.1) is 35.3 Å². The number of aliphatic hydroxyl groups is 4. The van der Waals surface area contributed by atoms with Gasteiger partial charge in [0.1, 0.15) is 41.2 Å². The van der Waals surface area contributed by atoms with Crippen molar-refractivity contribution in [3.05, 3.63) is 51.6 Å². The monoisotopic (exact) mass is 1150 g/mol. The number of hydrogen-bond acceptors (Lipinski definition) is 14. The van der Waals surface area contributed by atoms with Crippen molar-refractivity contribution >= 4 is 22.5 Å². The van der Waals surface area contributed by atoms with Gasteiger partial charge >= 0.3 is 5.97 Å². The second-order valence-corrected chi connectivity index (χ2v) is 31.7. The maximum absolute atomic E-state index is 13.6. The van der Waals surface area contributed by atoms with Crippen LogP contribution in [-0.4, -0.2) is 121 Å². The quantitative estimate of drug-likeness (QED) is 0.0927. The summed E-state index contributed by atoms with van der Waals surface area (Å²) in [5.41, 5.74) is 10.2. The van der Waals surface area contributed by atoms with Gasteiger partial charge < -0.3 is 54.7 Å². The van der Waals surface area contributed by atoms with Crippen LogP contribution in [0.3, 0.4) is 0 Å². The van der Waals surface area contributed by atoms with Crippen LogP contribution >= 0.6 is 0 Å². The predicted molar refractivity (Wildman–Crippen MR) is 309 cm³/mol. The van der Waals surface area contributed by atoms with Crippen LogP contribution in [0.25, 0.3) is 10.8 Å². The van der Waals surface area contributed by atoms with Gasteiger partial charge in [0.15, 0.2) is 5.78 Å². The van der Waals surface area contributed by atoms with Gasteiger partial charge in [-0.2, -0.15) is 0 Å². The van der Waals surface area contributed by atoms with E-state index in [1.807, 2.05) is 0 Å². The molecular formula is C69H90N2O13. The predicted octanol–water partition coefficient (Wildman–Crippen LogP) is 9.91. The zero-order valence-electron chi connectivity index (χ0n) is 49.5. The van der Waals surface area contributed by atoms with Crippen LogP contribution in [-0.2, 0) is 14.2 Å². The van der Waals surface area contributed by atoms with Gasteiger partial charge in [-0.1, -0.05) is 44.6 Å². The molecule has 9 saturated carbocycles. The van der Waals surface area contributed by atoms with E-state index < -0.39 is 82.0 Å². The lowest BCUT2D eigenvalue weighted by Gasteiger charge is -2.72. The summed E-state index contributed by atoms with van der Waals surface area (Å²) in [5.74, 6) is -1.38. The minimum Gasteiger partial charge on any atom is -0.507 e. The standard InChI is InChI=1S/C69H90N2O13/c1-36-49(37(2)73)53(75)51-42(52(36)74)24-38(59(79)80)25-45(51)82-60-54(76)56(77)69-27-44-50-41(46(84-69)28-61(15-3-4-16-61)57(78)58(69)83-60)13-14-43(50)66(20-9-23-72)35-81-30-39-26-64-32-65(29-48(64)70-71-68(44,34-64)55(39)66)31-63(17-5-6-18-63)47-12-7-10-40-11-8-19-62(40)21-22-67(47,65)33-62/h14,24-25,39-40,44,46-48,54-58,60,70-72,74-78H,3-13,15-23,26-35H2,1-2H3,(H,79,80). The fraction of sp³-hybridized carbons (Fsp3) is 0.768. The summed E-state index contributed by atoms with van der Waals surface area (Å²) < 4.78 is 28.7. The molecule has 4 saturated heterocycles. The lowest BCUT2D eigenvalue weighted by molar-refractivity contribution is -0.340. The first-order valence-corrected chi connectivity index (χ1v) is 33.3. The molecule has 15 aliphatic rings. The third-order valence-corrected chi connectivity index (χ3v) is 28.9. The number of phenols is 2. The smallest absolute Gasteiger partial charge is 0.335 e. The molecule has 15 nitrogen and oxygen atoms in total. The number of nitrogens with one attached hydrogen (secondary N) is 2. The first-order valence-electron chi connectivity index (χ1n) is 33.3. The molecule has 454 valence electrons. The molecule has 2 aromatic carbocycles. The van der Waals surface area contributed by atoms with Crippen LogP contribution in [0.1, 0.15) is 207 Å². The number of aromatic carboxylic acids is 1. The third-order valence-electron chi connectivity index (χ3n) is 28.9. The molecule has 5 heterocycles. The van der Waals surface area contributed by atoms with E-state index in [0.29, 0.717) is 61.6 Å². The average Bonchev–Trinajstić information content (AvgIpc) is 1.38. The number of carbonyl (C=O) groups is 2. The molecule has 5 aliphatic heterocycles. The second kappa shape index (κ2) is 18.0. The lowest BCUT2D eigenvalue weighted by atomic mass is 9.38. The van der Waals surface area contributed by atoms with Gasteiger partial charge in [-0.05, 0) is 228 Å². The Bertz CT molecular complexity index is 3240. The maximum atomic E-state index is 13.6. The Hall–Kier alpha value is -3.64. The SMILES string of the molecule is CC(=O)c1c(C)c(O)c2cc(C(=O)O)cc(OC3OC4C(O)C5(CCCC5)CC5OC4(CC4C6=C5CC=C6C5(CCCO)COCC6CC78CC4(NNC7CC4(C8)CC7(CCCC7)C7CCCC8CCCC89CCC74C9)C65)C(O)C3O)c2c1O. The van der Waals surface area contributed by atoms with Crippen molar-refractivity contribution in [1.82, 2.24) is 10.9 Å². The molecule has 8 spiro atoms. The highest BCUT2D eigenvalue weighted by molar-refractivity contribution is 6.11. The summed E-state index contributed by atoms with van der Waals surface area (Å²) >= 11 is 0. The normalized spacial score (nSPS) is 47.5. The van der Waals surface area contributed by atoms with Crippen molar-refractivity contribution in [2.24, 2.45) is 67.5 Å². The van der Waals surface area contributed by atoms with Gasteiger partial charge in [-0.25, -0.2) is 4.79 Å². The number of carboxylic acids is 1. The number of hydrazine groups is 1. The molecule has 10 aliphatic carbocycles. The van der Waals surface area contributed by atoms with Gasteiger partial charge in [-0.3, -0.25) is 15.6 Å². The fourth-order valence-corrected chi connectivity index (χ4v) is 26.5. The number of ether oxygens (including phenoxy) is 4. The highest BCUT2D eigenvalue weighted by Gasteiger charge is 2.81. The summed E-state index contributed by atoms with van der Waals surface area (Å²) in [4.78, 5) is 25.8. The van der Waals surface area contributed by atoms with Crippen LogP contribution < -0.4 is 15.6 Å². The highest BCUT2D eigenvalue weighted by atomic mass is 16.7. The molecule has 0 radical (unpaired) electrons. The van der Waals surface area contributed by atoms with Crippen LogP contribution in [0.4, 0.5) is 0 Å². The summed E-state index contributed by atoms with van der Waals surface area (Å²) in [6.07, 6.45) is 24.3. The number of aromatic hydroxyl groups is 2. The van der Waals surface area contributed by atoms with E-state index in [9.17, 15) is 45.3 Å². The van der Waals surface area contributed by atoms with Gasteiger partial charge in [0, 0.05) is 52.5 Å². The van der Waals surface area contributed by atoms with E-state index in [0.717, 1.165) is 43.9 Å². The van der Waals surface area contributed by atoms with E-state index in [-0.39, 0.29) is 80.9 Å². The minimum absolute atomic E-state index is 0.0508. The molecule has 9 N–H and O–H groups in total. The van der Waals surface area contributed by atoms with Crippen LogP contribution in [0.15, 0.2) is 34.9 Å². The molecule has 0 aromatic heterocycles. The number of carboxylic acid groups (broad SMARTS) is 1. The van der Waals surface area contributed by atoms with E-state index in [2.05, 4.69) is 16.9 Å². The Morgan fingerprint density at radius 2 is 1.57 bits per heavy atom. The summed E-state index contributed by atoms with van der Waals surface area (Å²) in [7, 11) is 0. The number of Topliss-reactive ketones (excluding diaryl/α,β-unsaturated/α-hetero) is 1. The number of aliphatic hydroxyl groups excluding tert-OH is 4. The van der Waals surface area contributed by atoms with E-state index >= 15 is 0 Å². The van der Waals surface area contributed by atoms with Crippen molar-refractivity contribution < 1.29 is 64.3 Å². The van der Waals surface area contributed by atoms with E-state index in [1.165, 1.54) is 145 Å². The van der Waals surface area contributed by atoms with Crippen LogP contribution in [0, 0.1) is 74.4 Å². The first kappa shape index (κ1) is 54.5. The van der Waals surface area contributed by atoms with Gasteiger partial charge in [0.25, 0.3) is 0 Å². The average molecular weight is 1160 g/mol. The molecule has 0 amide bonds. The van der Waals surface area contributed by atoms with Crippen molar-refractivity contribution in [2.75, 3.05) is 19.8 Å².